The summed E-state index contributed by atoms with van der Waals surface area (Å²) in [5, 5.41) is 0. The molecular weight excluding hydrogens is 195 g/mol. The van der Waals surface area contributed by atoms with Crippen LogP contribution in [-0.4, -0.2) is 14.4 Å². The highest BCUT2D eigenvalue weighted by atomic mass is 19.4. The van der Waals surface area contributed by atoms with Gasteiger partial charge in [-0.05, 0) is 6.92 Å². The van der Waals surface area contributed by atoms with E-state index in [1.54, 1.807) is 6.92 Å². The Hall–Kier alpha value is -1.59. The number of fused-ring (bicyclic) bond motifs is 1. The largest absolute Gasteiger partial charge is 0.450 e. The second-order valence-corrected chi connectivity index (χ2v) is 2.89. The molecule has 0 atom stereocenters. The maximum Gasteiger partial charge on any atom is 0.450 e. The lowest BCUT2D eigenvalue weighted by molar-refractivity contribution is -0.145. The lowest BCUT2D eigenvalue weighted by atomic mass is 10.4. The highest BCUT2D eigenvalue weighted by molar-refractivity contribution is 5.45. The minimum Gasteiger partial charge on any atom is -0.290 e. The quantitative estimate of drug-likeness (QED) is 0.653. The standard InChI is InChI=1S/C8H6F3N3/c1-5-2-12-3-6-4-13-7(14(5)6)8(9,10)11/h2-4H,1H3. The summed E-state index contributed by atoms with van der Waals surface area (Å²) in [6, 6.07) is 0. The lowest BCUT2D eigenvalue weighted by Gasteiger charge is -2.06. The van der Waals surface area contributed by atoms with Crippen molar-refractivity contribution in [2.24, 2.45) is 0 Å². The van der Waals surface area contributed by atoms with Gasteiger partial charge in [-0.2, -0.15) is 13.2 Å². The van der Waals surface area contributed by atoms with E-state index in [2.05, 4.69) is 9.97 Å². The van der Waals surface area contributed by atoms with Gasteiger partial charge < -0.3 is 0 Å². The van der Waals surface area contributed by atoms with Gasteiger partial charge in [-0.15, -0.1) is 0 Å². The van der Waals surface area contributed by atoms with Crippen LogP contribution in [0.25, 0.3) is 5.52 Å². The molecule has 0 aliphatic rings. The lowest BCUT2D eigenvalue weighted by Crippen LogP contribution is -2.12. The Morgan fingerprint density at radius 3 is 2.57 bits per heavy atom. The van der Waals surface area contributed by atoms with Crippen molar-refractivity contribution in [1.82, 2.24) is 14.4 Å². The molecular formula is C8H6F3N3. The Kier molecular flexibility index (Phi) is 1.73. The molecule has 74 valence electrons. The first-order valence-corrected chi connectivity index (χ1v) is 3.85. The summed E-state index contributed by atoms with van der Waals surface area (Å²) in [7, 11) is 0. The number of imidazole rings is 1. The number of aryl methyl sites for hydroxylation is 1. The summed E-state index contributed by atoms with van der Waals surface area (Å²) in [5.41, 5.74) is 0.754. The molecule has 2 aromatic heterocycles. The zero-order chi connectivity index (χ0) is 10.3. The van der Waals surface area contributed by atoms with Crippen LogP contribution in [0.5, 0.6) is 0 Å². The van der Waals surface area contributed by atoms with Gasteiger partial charge in [-0.1, -0.05) is 0 Å². The van der Waals surface area contributed by atoms with E-state index in [0.29, 0.717) is 11.2 Å². The van der Waals surface area contributed by atoms with E-state index in [1.165, 1.54) is 12.4 Å². The minimum absolute atomic E-state index is 0.345. The van der Waals surface area contributed by atoms with Crippen LogP contribution in [0.1, 0.15) is 11.5 Å². The summed E-state index contributed by atoms with van der Waals surface area (Å²) in [6.45, 7) is 1.55. The van der Waals surface area contributed by atoms with Gasteiger partial charge in [0, 0.05) is 11.9 Å². The minimum atomic E-state index is -4.43. The highest BCUT2D eigenvalue weighted by Crippen LogP contribution is 2.28. The van der Waals surface area contributed by atoms with Crippen molar-refractivity contribution >= 4 is 5.52 Å². The Bertz CT molecular complexity index is 472. The maximum absolute atomic E-state index is 12.4. The molecule has 0 aliphatic carbocycles. The van der Waals surface area contributed by atoms with Crippen molar-refractivity contribution in [3.8, 4) is 0 Å². The molecule has 0 bridgehead atoms. The molecule has 0 spiro atoms. The SMILES string of the molecule is Cc1cncc2cnc(C(F)(F)F)n12. The van der Waals surface area contributed by atoms with Gasteiger partial charge in [-0.25, -0.2) is 4.98 Å². The summed E-state index contributed by atoms with van der Waals surface area (Å²) < 4.78 is 38.3. The highest BCUT2D eigenvalue weighted by Gasteiger charge is 2.36. The summed E-state index contributed by atoms with van der Waals surface area (Å²) in [4.78, 5) is 7.10. The van der Waals surface area contributed by atoms with Crippen molar-refractivity contribution in [2.45, 2.75) is 13.1 Å². The molecule has 0 aliphatic heterocycles. The van der Waals surface area contributed by atoms with Crippen LogP contribution in [0.3, 0.4) is 0 Å². The average molecular weight is 201 g/mol. The van der Waals surface area contributed by atoms with Gasteiger partial charge in [0.25, 0.3) is 0 Å². The van der Waals surface area contributed by atoms with Crippen LogP contribution < -0.4 is 0 Å². The van der Waals surface area contributed by atoms with Crippen LogP contribution in [0.4, 0.5) is 13.2 Å². The Labute approximate surface area is 77.2 Å². The Morgan fingerprint density at radius 2 is 1.93 bits per heavy atom. The number of aromatic nitrogens is 3. The van der Waals surface area contributed by atoms with Crippen LogP contribution in [0, 0.1) is 6.92 Å². The van der Waals surface area contributed by atoms with Gasteiger partial charge in [0.05, 0.1) is 17.9 Å². The first-order chi connectivity index (χ1) is 6.50. The molecule has 6 heteroatoms. The normalized spacial score (nSPS) is 12.3. The predicted molar refractivity (Wildman–Crippen MR) is 42.7 cm³/mol. The molecule has 2 rings (SSSR count). The molecule has 0 amide bonds. The molecule has 0 aromatic carbocycles. The molecule has 2 heterocycles. The topological polar surface area (TPSA) is 30.2 Å². The molecule has 0 radical (unpaired) electrons. The van der Waals surface area contributed by atoms with Crippen molar-refractivity contribution in [3.63, 3.8) is 0 Å². The summed E-state index contributed by atoms with van der Waals surface area (Å²) >= 11 is 0. The fourth-order valence-electron chi connectivity index (χ4n) is 1.31. The Morgan fingerprint density at radius 1 is 1.21 bits per heavy atom. The number of hydrogen-bond donors (Lipinski definition) is 0. The zero-order valence-electron chi connectivity index (χ0n) is 7.21. The third-order valence-corrected chi connectivity index (χ3v) is 1.86. The fourth-order valence-corrected chi connectivity index (χ4v) is 1.31. The number of nitrogens with zero attached hydrogens (tertiary/aromatic N) is 3. The predicted octanol–water partition coefficient (Wildman–Crippen LogP) is 2.06. The van der Waals surface area contributed by atoms with E-state index < -0.39 is 12.0 Å². The molecule has 3 nitrogen and oxygen atoms in total. The van der Waals surface area contributed by atoms with Crippen molar-refractivity contribution in [1.29, 1.82) is 0 Å². The van der Waals surface area contributed by atoms with Crippen LogP contribution in [-0.2, 0) is 6.18 Å². The third-order valence-electron chi connectivity index (χ3n) is 1.86. The van der Waals surface area contributed by atoms with Crippen molar-refractivity contribution in [2.75, 3.05) is 0 Å². The number of alkyl halides is 3. The van der Waals surface area contributed by atoms with E-state index in [-0.39, 0.29) is 0 Å². The molecule has 0 saturated carbocycles. The second-order valence-electron chi connectivity index (χ2n) is 2.89. The number of halogens is 3. The second kappa shape index (κ2) is 2.70. The van der Waals surface area contributed by atoms with E-state index >= 15 is 0 Å². The van der Waals surface area contributed by atoms with Gasteiger partial charge in [0.15, 0.2) is 0 Å². The van der Waals surface area contributed by atoms with Gasteiger partial charge in [0.1, 0.15) is 0 Å². The molecule has 0 unspecified atom stereocenters. The van der Waals surface area contributed by atoms with Gasteiger partial charge in [0.2, 0.25) is 5.82 Å². The zero-order valence-corrected chi connectivity index (χ0v) is 7.21. The van der Waals surface area contributed by atoms with Crippen molar-refractivity contribution in [3.05, 3.63) is 30.1 Å². The molecule has 2 aromatic rings. The average Bonchev–Trinajstić information content (AvgIpc) is 2.47. The first kappa shape index (κ1) is 8.98. The monoisotopic (exact) mass is 201 g/mol. The molecule has 0 fully saturated rings. The smallest absolute Gasteiger partial charge is 0.290 e. The van der Waals surface area contributed by atoms with Crippen LogP contribution in [0.2, 0.25) is 0 Å². The molecule has 14 heavy (non-hydrogen) atoms. The van der Waals surface area contributed by atoms with Gasteiger partial charge >= 0.3 is 6.18 Å². The van der Waals surface area contributed by atoms with E-state index in [1.807, 2.05) is 0 Å². The van der Waals surface area contributed by atoms with Crippen LogP contribution in [0.15, 0.2) is 18.6 Å². The summed E-state index contributed by atoms with van der Waals surface area (Å²) in [6.07, 6.45) is -0.569. The van der Waals surface area contributed by atoms with E-state index in [0.717, 1.165) is 10.6 Å². The van der Waals surface area contributed by atoms with Crippen molar-refractivity contribution < 1.29 is 13.2 Å². The summed E-state index contributed by atoms with van der Waals surface area (Å²) in [5.74, 6) is -0.910. The molecule has 0 saturated heterocycles. The van der Waals surface area contributed by atoms with Crippen LogP contribution >= 0.6 is 0 Å². The van der Waals surface area contributed by atoms with E-state index in [9.17, 15) is 13.2 Å². The fraction of sp³-hybridized carbons (Fsp3) is 0.250. The van der Waals surface area contributed by atoms with Gasteiger partial charge in [-0.3, -0.25) is 9.38 Å². The number of rotatable bonds is 0. The number of hydrogen-bond acceptors (Lipinski definition) is 2. The first-order valence-electron chi connectivity index (χ1n) is 3.85. The Balaban J connectivity index is 2.80. The maximum atomic E-state index is 12.4. The van der Waals surface area contributed by atoms with E-state index in [4.69, 9.17) is 0 Å². The molecule has 0 N–H and O–H groups in total. The third kappa shape index (κ3) is 1.23.